The van der Waals surface area contributed by atoms with Gasteiger partial charge in [-0.05, 0) is 29.8 Å². The highest BCUT2D eigenvalue weighted by molar-refractivity contribution is 5.97. The van der Waals surface area contributed by atoms with E-state index in [1.807, 2.05) is 54.6 Å². The van der Waals surface area contributed by atoms with E-state index in [4.69, 9.17) is 9.97 Å². The maximum absolute atomic E-state index is 13.7. The largest absolute Gasteiger partial charge is 0.321 e. The molecule has 4 heteroatoms. The third-order valence-corrected chi connectivity index (χ3v) is 5.50. The third kappa shape index (κ3) is 2.49. The Bertz CT molecular complexity index is 1370. The van der Waals surface area contributed by atoms with Gasteiger partial charge in [-0.15, -0.1) is 0 Å². The summed E-state index contributed by atoms with van der Waals surface area (Å²) < 4.78 is 15.9. The molecule has 6 rings (SSSR count). The van der Waals surface area contributed by atoms with Crippen molar-refractivity contribution in [2.75, 3.05) is 0 Å². The van der Waals surface area contributed by atoms with Gasteiger partial charge < -0.3 is 4.57 Å². The van der Waals surface area contributed by atoms with Crippen LogP contribution in [0.2, 0.25) is 0 Å². The molecule has 3 heterocycles. The highest BCUT2D eigenvalue weighted by Gasteiger charge is 2.25. The summed E-state index contributed by atoms with van der Waals surface area (Å²) in [6, 6.07) is 27.3. The quantitative estimate of drug-likeness (QED) is 0.374. The lowest BCUT2D eigenvalue weighted by Crippen LogP contribution is -1.99. The molecule has 0 unspecified atom stereocenters. The van der Waals surface area contributed by atoms with E-state index in [-0.39, 0.29) is 5.82 Å². The molecule has 5 aromatic rings. The van der Waals surface area contributed by atoms with Crippen LogP contribution in [0.3, 0.4) is 0 Å². The first-order valence-electron chi connectivity index (χ1n) is 9.59. The van der Waals surface area contributed by atoms with E-state index >= 15 is 0 Å². The number of halogens is 1. The van der Waals surface area contributed by atoms with Crippen LogP contribution in [0.5, 0.6) is 0 Å². The molecule has 0 bridgehead atoms. The van der Waals surface area contributed by atoms with Gasteiger partial charge in [0.15, 0.2) is 5.82 Å². The van der Waals surface area contributed by atoms with Crippen LogP contribution in [0.4, 0.5) is 4.39 Å². The van der Waals surface area contributed by atoms with Crippen LogP contribution in [0.1, 0.15) is 5.56 Å². The number of nitrogens with zero attached hydrogens (tertiary/aromatic N) is 3. The average molecular weight is 377 g/mol. The van der Waals surface area contributed by atoms with Gasteiger partial charge in [0.2, 0.25) is 0 Å². The fourth-order valence-corrected chi connectivity index (χ4v) is 4.15. The minimum Gasteiger partial charge on any atom is -0.321 e. The highest BCUT2D eigenvalue weighted by Crippen LogP contribution is 2.40. The number of aromatic nitrogens is 3. The highest BCUT2D eigenvalue weighted by atomic mass is 19.1. The van der Waals surface area contributed by atoms with Crippen molar-refractivity contribution in [2.24, 2.45) is 0 Å². The second kappa shape index (κ2) is 6.11. The minimum atomic E-state index is -0.205. The van der Waals surface area contributed by atoms with Crippen molar-refractivity contribution in [2.45, 2.75) is 6.54 Å². The van der Waals surface area contributed by atoms with Gasteiger partial charge in [0.05, 0.1) is 17.9 Å². The van der Waals surface area contributed by atoms with Crippen LogP contribution < -0.4 is 0 Å². The summed E-state index contributed by atoms with van der Waals surface area (Å²) in [5, 5.41) is 1.01. The first-order valence-corrected chi connectivity index (χ1v) is 9.59. The lowest BCUT2D eigenvalue weighted by atomic mass is 10.0. The van der Waals surface area contributed by atoms with Crippen molar-refractivity contribution in [3.05, 3.63) is 96.3 Å². The van der Waals surface area contributed by atoms with E-state index in [0.717, 1.165) is 44.7 Å². The molecule has 1 aliphatic heterocycles. The van der Waals surface area contributed by atoms with Crippen molar-refractivity contribution in [3.8, 4) is 33.9 Å². The van der Waals surface area contributed by atoms with Crippen molar-refractivity contribution < 1.29 is 4.39 Å². The fraction of sp³-hybridized carbons (Fsp3) is 0.0400. The van der Waals surface area contributed by atoms with Gasteiger partial charge in [-0.3, -0.25) is 0 Å². The number of benzene rings is 3. The molecule has 3 nitrogen and oxygen atoms in total. The van der Waals surface area contributed by atoms with Gasteiger partial charge in [-0.25, -0.2) is 14.4 Å². The van der Waals surface area contributed by atoms with E-state index in [9.17, 15) is 4.39 Å². The molecule has 0 spiro atoms. The Morgan fingerprint density at radius 3 is 2.24 bits per heavy atom. The van der Waals surface area contributed by atoms with E-state index < -0.39 is 0 Å². The predicted molar refractivity (Wildman–Crippen MR) is 113 cm³/mol. The minimum absolute atomic E-state index is 0.205. The lowest BCUT2D eigenvalue weighted by molar-refractivity contribution is 0.625. The first-order chi connectivity index (χ1) is 14.3. The lowest BCUT2D eigenvalue weighted by Gasteiger charge is -2.09. The van der Waals surface area contributed by atoms with Crippen LogP contribution in [-0.4, -0.2) is 14.5 Å². The van der Waals surface area contributed by atoms with E-state index in [1.54, 1.807) is 6.07 Å². The zero-order valence-electron chi connectivity index (χ0n) is 15.5. The number of hydrogen-bond acceptors (Lipinski definition) is 2. The number of fused-ring (bicyclic) bond motifs is 5. The molecule has 0 aliphatic carbocycles. The van der Waals surface area contributed by atoms with Crippen molar-refractivity contribution in [3.63, 3.8) is 0 Å². The van der Waals surface area contributed by atoms with E-state index in [2.05, 4.69) is 22.8 Å². The Kier molecular flexibility index (Phi) is 3.41. The average Bonchev–Trinajstić information content (AvgIpc) is 3.30. The van der Waals surface area contributed by atoms with Gasteiger partial charge in [-0.1, -0.05) is 60.7 Å². The van der Waals surface area contributed by atoms with Gasteiger partial charge in [0.1, 0.15) is 11.5 Å². The first kappa shape index (κ1) is 16.2. The summed E-state index contributed by atoms with van der Waals surface area (Å²) in [5.74, 6) is 0.489. The molecule has 0 saturated heterocycles. The summed E-state index contributed by atoms with van der Waals surface area (Å²) >= 11 is 0. The maximum Gasteiger partial charge on any atom is 0.162 e. The molecule has 1 aliphatic rings. The smallest absolute Gasteiger partial charge is 0.162 e. The normalized spacial score (nSPS) is 12.2. The topological polar surface area (TPSA) is 30.7 Å². The number of hydrogen-bond donors (Lipinski definition) is 0. The Morgan fingerprint density at radius 2 is 1.48 bits per heavy atom. The van der Waals surface area contributed by atoms with Crippen molar-refractivity contribution in [1.29, 1.82) is 0 Å². The third-order valence-electron chi connectivity index (χ3n) is 5.50. The van der Waals surface area contributed by atoms with Crippen LogP contribution >= 0.6 is 0 Å². The molecule has 138 valence electrons. The maximum atomic E-state index is 13.7. The summed E-state index contributed by atoms with van der Waals surface area (Å²) in [5.41, 5.74) is 6.94. The second-order valence-corrected chi connectivity index (χ2v) is 7.28. The van der Waals surface area contributed by atoms with Gasteiger partial charge >= 0.3 is 0 Å². The summed E-state index contributed by atoms with van der Waals surface area (Å²) in [7, 11) is 0. The van der Waals surface area contributed by atoms with Crippen LogP contribution in [0.25, 0.3) is 44.9 Å². The Labute approximate surface area is 167 Å². The molecule has 2 aromatic heterocycles. The monoisotopic (exact) mass is 377 g/mol. The van der Waals surface area contributed by atoms with Crippen molar-refractivity contribution in [1.82, 2.24) is 14.5 Å². The molecule has 3 aromatic carbocycles. The van der Waals surface area contributed by atoms with Crippen molar-refractivity contribution >= 4 is 11.0 Å². The molecule has 0 amide bonds. The predicted octanol–water partition coefficient (Wildman–Crippen LogP) is 5.93. The van der Waals surface area contributed by atoms with Gasteiger partial charge in [0, 0.05) is 22.1 Å². The van der Waals surface area contributed by atoms with Gasteiger partial charge in [0.25, 0.3) is 0 Å². The SMILES string of the molecule is Fc1ccc2c(c1)Cn1c-2cc2c(-c3ccccc3)nc(-c3ccccc3)nc21. The summed E-state index contributed by atoms with van der Waals surface area (Å²) in [6.45, 7) is 0.616. The Hall–Kier alpha value is -3.79. The molecular formula is C25H16FN3. The molecule has 29 heavy (non-hydrogen) atoms. The molecule has 0 atom stereocenters. The molecule has 0 N–H and O–H groups in total. The zero-order chi connectivity index (χ0) is 19.4. The molecule has 0 fully saturated rings. The van der Waals surface area contributed by atoms with Crippen LogP contribution in [-0.2, 0) is 6.54 Å². The number of rotatable bonds is 2. The summed E-state index contributed by atoms with van der Waals surface area (Å²) in [6.07, 6.45) is 0. The second-order valence-electron chi connectivity index (χ2n) is 7.28. The Morgan fingerprint density at radius 1 is 0.759 bits per heavy atom. The zero-order valence-corrected chi connectivity index (χ0v) is 15.5. The van der Waals surface area contributed by atoms with Crippen LogP contribution in [0, 0.1) is 5.82 Å². The van der Waals surface area contributed by atoms with Crippen LogP contribution in [0.15, 0.2) is 84.9 Å². The molecular weight excluding hydrogens is 361 g/mol. The molecule has 0 saturated carbocycles. The van der Waals surface area contributed by atoms with E-state index in [1.165, 1.54) is 6.07 Å². The standard InChI is InChI=1S/C25H16FN3/c26-19-11-12-20-18(13-19)15-29-22(20)14-21-23(16-7-3-1-4-8-16)27-24(28-25(21)29)17-9-5-2-6-10-17/h1-14H,15H2. The molecule has 0 radical (unpaired) electrons. The van der Waals surface area contributed by atoms with E-state index in [0.29, 0.717) is 12.4 Å². The summed E-state index contributed by atoms with van der Waals surface area (Å²) in [4.78, 5) is 9.87. The van der Waals surface area contributed by atoms with Gasteiger partial charge in [-0.2, -0.15) is 0 Å². The fourth-order valence-electron chi connectivity index (χ4n) is 4.15. The Balaban J connectivity index is 1.66.